The number of nitrogens with one attached hydrogen (secondary N) is 2. The molecule has 2 aliphatic heterocycles. The summed E-state index contributed by atoms with van der Waals surface area (Å²) in [5, 5.41) is 10.0. The van der Waals surface area contributed by atoms with E-state index in [0.717, 1.165) is 19.6 Å². The zero-order chi connectivity index (χ0) is 11.0. The molecule has 0 unspecified atom stereocenters. The minimum Gasteiger partial charge on any atom is -0.335 e. The van der Waals surface area contributed by atoms with Gasteiger partial charge in [-0.15, -0.1) is 0 Å². The van der Waals surface area contributed by atoms with E-state index < -0.39 is 0 Å². The molecular weight excluding hydrogens is 204 g/mol. The first-order valence-corrected chi connectivity index (χ1v) is 5.86. The molecule has 3 rings (SSSR count). The number of nitrogens with zero attached hydrogens (tertiary/aromatic N) is 2. The Morgan fingerprint density at radius 1 is 1.50 bits per heavy atom. The molecule has 5 heteroatoms. The molecule has 2 saturated heterocycles. The van der Waals surface area contributed by atoms with E-state index in [4.69, 9.17) is 0 Å². The number of carbonyl (C=O) groups is 1. The van der Waals surface area contributed by atoms with Gasteiger partial charge in [0.1, 0.15) is 5.69 Å². The maximum absolute atomic E-state index is 12.1. The third-order valence-electron chi connectivity index (χ3n) is 3.62. The Bertz CT molecular complexity index is 361. The fourth-order valence-electron chi connectivity index (χ4n) is 2.76. The van der Waals surface area contributed by atoms with Crippen molar-refractivity contribution in [1.82, 2.24) is 20.4 Å². The standard InChI is InChI=1S/C11H16N4O/c16-11(9-3-5-13-14-9)15-6-8-2-1-4-12-10(8)7-15/h3,5,8,10,12H,1-2,4,6-7H2,(H,13,14)/t8-,10+/m0/s1. The minimum atomic E-state index is 0.0775. The summed E-state index contributed by atoms with van der Waals surface area (Å²) in [6.07, 6.45) is 4.09. The Morgan fingerprint density at radius 3 is 3.19 bits per heavy atom. The third-order valence-corrected chi connectivity index (χ3v) is 3.62. The number of aromatic nitrogens is 2. The summed E-state index contributed by atoms with van der Waals surface area (Å²) < 4.78 is 0. The smallest absolute Gasteiger partial charge is 0.271 e. The molecule has 0 spiro atoms. The molecule has 3 heterocycles. The van der Waals surface area contributed by atoms with Crippen LogP contribution in [0.15, 0.2) is 12.3 Å². The number of H-pyrrole nitrogens is 1. The average Bonchev–Trinajstić information content (AvgIpc) is 2.97. The molecule has 2 atom stereocenters. The second-order valence-electron chi connectivity index (χ2n) is 4.64. The van der Waals surface area contributed by atoms with Gasteiger partial charge in [-0.1, -0.05) is 0 Å². The molecule has 1 aromatic heterocycles. The second kappa shape index (κ2) is 3.90. The molecule has 0 saturated carbocycles. The van der Waals surface area contributed by atoms with Gasteiger partial charge in [0, 0.05) is 25.3 Å². The van der Waals surface area contributed by atoms with Gasteiger partial charge in [-0.2, -0.15) is 5.10 Å². The number of hydrogen-bond donors (Lipinski definition) is 2. The van der Waals surface area contributed by atoms with Crippen molar-refractivity contribution in [2.24, 2.45) is 5.92 Å². The molecule has 2 aliphatic rings. The number of rotatable bonds is 1. The van der Waals surface area contributed by atoms with Crippen LogP contribution in [0.2, 0.25) is 0 Å². The molecule has 0 aliphatic carbocycles. The monoisotopic (exact) mass is 220 g/mol. The fraction of sp³-hybridized carbons (Fsp3) is 0.636. The van der Waals surface area contributed by atoms with E-state index >= 15 is 0 Å². The van der Waals surface area contributed by atoms with Crippen LogP contribution in [0.25, 0.3) is 0 Å². The zero-order valence-corrected chi connectivity index (χ0v) is 9.15. The van der Waals surface area contributed by atoms with Crippen LogP contribution >= 0.6 is 0 Å². The zero-order valence-electron chi connectivity index (χ0n) is 9.15. The topological polar surface area (TPSA) is 61.0 Å². The molecule has 0 radical (unpaired) electrons. The number of aromatic amines is 1. The van der Waals surface area contributed by atoms with Gasteiger partial charge < -0.3 is 10.2 Å². The number of piperidine rings is 1. The second-order valence-corrected chi connectivity index (χ2v) is 4.64. The molecule has 0 aromatic carbocycles. The maximum atomic E-state index is 12.1. The summed E-state index contributed by atoms with van der Waals surface area (Å²) >= 11 is 0. The summed E-state index contributed by atoms with van der Waals surface area (Å²) in [5.74, 6) is 0.717. The number of fused-ring (bicyclic) bond motifs is 1. The number of likely N-dealkylation sites (tertiary alicyclic amines) is 1. The SMILES string of the molecule is O=C(c1ccn[nH]1)N1C[C@@H]2CCCN[C@@H]2C1. The van der Waals surface area contributed by atoms with Crippen molar-refractivity contribution in [3.8, 4) is 0 Å². The van der Waals surface area contributed by atoms with Gasteiger partial charge in [-0.05, 0) is 31.4 Å². The Kier molecular flexibility index (Phi) is 2.40. The first kappa shape index (κ1) is 9.84. The molecule has 16 heavy (non-hydrogen) atoms. The summed E-state index contributed by atoms with van der Waals surface area (Å²) in [7, 11) is 0. The van der Waals surface area contributed by atoms with Crippen LogP contribution in [0.5, 0.6) is 0 Å². The van der Waals surface area contributed by atoms with Gasteiger partial charge >= 0.3 is 0 Å². The van der Waals surface area contributed by atoms with Crippen molar-refractivity contribution < 1.29 is 4.79 Å². The van der Waals surface area contributed by atoms with E-state index in [9.17, 15) is 4.79 Å². The average molecular weight is 220 g/mol. The van der Waals surface area contributed by atoms with E-state index in [1.54, 1.807) is 12.3 Å². The number of hydrogen-bond acceptors (Lipinski definition) is 3. The Morgan fingerprint density at radius 2 is 2.44 bits per heavy atom. The molecule has 2 N–H and O–H groups in total. The highest BCUT2D eigenvalue weighted by Gasteiger charge is 2.36. The molecule has 86 valence electrons. The molecule has 2 fully saturated rings. The van der Waals surface area contributed by atoms with Crippen molar-refractivity contribution in [1.29, 1.82) is 0 Å². The Hall–Kier alpha value is -1.36. The quantitative estimate of drug-likeness (QED) is 0.712. The van der Waals surface area contributed by atoms with Crippen molar-refractivity contribution in [3.63, 3.8) is 0 Å². The Labute approximate surface area is 94.2 Å². The highest BCUT2D eigenvalue weighted by molar-refractivity contribution is 5.92. The summed E-state index contributed by atoms with van der Waals surface area (Å²) in [6.45, 7) is 2.81. The maximum Gasteiger partial charge on any atom is 0.271 e. The van der Waals surface area contributed by atoms with Crippen LogP contribution in [-0.4, -0.2) is 46.7 Å². The van der Waals surface area contributed by atoms with E-state index in [1.807, 2.05) is 4.90 Å². The van der Waals surface area contributed by atoms with Crippen LogP contribution in [0.3, 0.4) is 0 Å². The number of amides is 1. The predicted molar refractivity (Wildman–Crippen MR) is 59.0 cm³/mol. The lowest BCUT2D eigenvalue weighted by Crippen LogP contribution is -2.41. The van der Waals surface area contributed by atoms with Crippen LogP contribution in [0, 0.1) is 5.92 Å². The molecule has 0 bridgehead atoms. The van der Waals surface area contributed by atoms with Gasteiger partial charge in [-0.3, -0.25) is 9.89 Å². The molecule has 5 nitrogen and oxygen atoms in total. The highest BCUT2D eigenvalue weighted by atomic mass is 16.2. The van der Waals surface area contributed by atoms with E-state index in [-0.39, 0.29) is 5.91 Å². The minimum absolute atomic E-state index is 0.0775. The summed E-state index contributed by atoms with van der Waals surface area (Å²) in [5.41, 5.74) is 0.596. The first-order valence-electron chi connectivity index (χ1n) is 5.86. The molecular formula is C11H16N4O. The van der Waals surface area contributed by atoms with Gasteiger partial charge in [0.05, 0.1) is 0 Å². The third kappa shape index (κ3) is 1.61. The van der Waals surface area contributed by atoms with Gasteiger partial charge in [-0.25, -0.2) is 0 Å². The Balaban J connectivity index is 1.71. The van der Waals surface area contributed by atoms with Crippen LogP contribution in [0.1, 0.15) is 23.3 Å². The highest BCUT2D eigenvalue weighted by Crippen LogP contribution is 2.25. The molecule has 1 amide bonds. The van der Waals surface area contributed by atoms with Crippen molar-refractivity contribution >= 4 is 5.91 Å². The van der Waals surface area contributed by atoms with E-state index in [0.29, 0.717) is 17.7 Å². The predicted octanol–water partition coefficient (Wildman–Crippen LogP) is 0.234. The van der Waals surface area contributed by atoms with Gasteiger partial charge in [0.15, 0.2) is 0 Å². The van der Waals surface area contributed by atoms with Crippen LogP contribution in [-0.2, 0) is 0 Å². The van der Waals surface area contributed by atoms with Crippen molar-refractivity contribution in [2.45, 2.75) is 18.9 Å². The van der Waals surface area contributed by atoms with Crippen molar-refractivity contribution in [3.05, 3.63) is 18.0 Å². The lowest BCUT2D eigenvalue weighted by molar-refractivity contribution is 0.0780. The van der Waals surface area contributed by atoms with Gasteiger partial charge in [0.25, 0.3) is 5.91 Å². The lowest BCUT2D eigenvalue weighted by atomic mass is 9.94. The lowest BCUT2D eigenvalue weighted by Gasteiger charge is -2.24. The first-order chi connectivity index (χ1) is 7.84. The van der Waals surface area contributed by atoms with Crippen LogP contribution < -0.4 is 5.32 Å². The fourth-order valence-corrected chi connectivity index (χ4v) is 2.76. The molecule has 1 aromatic rings. The van der Waals surface area contributed by atoms with Gasteiger partial charge in [0.2, 0.25) is 0 Å². The van der Waals surface area contributed by atoms with E-state index in [1.165, 1.54) is 12.8 Å². The number of carbonyl (C=O) groups excluding carboxylic acids is 1. The summed E-state index contributed by atoms with van der Waals surface area (Å²) in [6, 6.07) is 2.23. The normalized spacial score (nSPS) is 29.1. The van der Waals surface area contributed by atoms with Crippen LogP contribution in [0.4, 0.5) is 0 Å². The largest absolute Gasteiger partial charge is 0.335 e. The van der Waals surface area contributed by atoms with Crippen molar-refractivity contribution in [2.75, 3.05) is 19.6 Å². The summed E-state index contributed by atoms with van der Waals surface area (Å²) in [4.78, 5) is 14.0. The van der Waals surface area contributed by atoms with E-state index in [2.05, 4.69) is 15.5 Å².